The molecule has 0 unspecified atom stereocenters. The van der Waals surface area contributed by atoms with Gasteiger partial charge in [0.2, 0.25) is 0 Å². The highest BCUT2D eigenvalue weighted by molar-refractivity contribution is 5.91. The van der Waals surface area contributed by atoms with Gasteiger partial charge in [0, 0.05) is 32.1 Å². The highest BCUT2D eigenvalue weighted by Gasteiger charge is 2.30. The maximum absolute atomic E-state index is 6.16. The molecule has 0 radical (unpaired) electrons. The lowest BCUT2D eigenvalue weighted by Crippen LogP contribution is -2.43. The number of fused-ring (bicyclic) bond motifs is 1. The maximum Gasteiger partial charge on any atom is 0.198 e. The maximum atomic E-state index is 6.16. The summed E-state index contributed by atoms with van der Waals surface area (Å²) >= 11 is 0. The standard InChI is InChI=1S/C16H21N3O/c1-10-9-11(2)14(19-7-5-17-6-8-19)15-13(10)18-16(20-15)12-3-4-12/h9,12,17H,3-8H2,1-2H3. The van der Waals surface area contributed by atoms with Crippen LogP contribution in [0.25, 0.3) is 11.1 Å². The lowest BCUT2D eigenvalue weighted by Gasteiger charge is -2.30. The zero-order valence-corrected chi connectivity index (χ0v) is 12.2. The van der Waals surface area contributed by atoms with Crippen LogP contribution >= 0.6 is 0 Å². The summed E-state index contributed by atoms with van der Waals surface area (Å²) in [5, 5.41) is 3.41. The van der Waals surface area contributed by atoms with Crippen LogP contribution in [0.3, 0.4) is 0 Å². The molecule has 1 aromatic heterocycles. The van der Waals surface area contributed by atoms with Crippen molar-refractivity contribution in [1.82, 2.24) is 10.3 Å². The van der Waals surface area contributed by atoms with Gasteiger partial charge in [-0.3, -0.25) is 0 Å². The number of nitrogens with zero attached hydrogens (tertiary/aromatic N) is 2. The van der Waals surface area contributed by atoms with Crippen LogP contribution in [0.2, 0.25) is 0 Å². The molecule has 1 saturated heterocycles. The second-order valence-electron chi connectivity index (χ2n) is 6.10. The van der Waals surface area contributed by atoms with Crippen LogP contribution in [0.1, 0.15) is 35.8 Å². The molecule has 4 rings (SSSR count). The molecule has 2 fully saturated rings. The molecule has 2 aliphatic rings. The number of aryl methyl sites for hydroxylation is 2. The number of oxazole rings is 1. The highest BCUT2D eigenvalue weighted by atomic mass is 16.3. The normalized spacial score (nSPS) is 19.8. The molecule has 0 atom stereocenters. The van der Waals surface area contributed by atoms with Crippen LogP contribution in [0.4, 0.5) is 5.69 Å². The minimum Gasteiger partial charge on any atom is -0.438 e. The first-order valence-electron chi connectivity index (χ1n) is 7.60. The topological polar surface area (TPSA) is 41.3 Å². The molecule has 20 heavy (non-hydrogen) atoms. The van der Waals surface area contributed by atoms with Gasteiger partial charge >= 0.3 is 0 Å². The Morgan fingerprint density at radius 1 is 1.20 bits per heavy atom. The largest absolute Gasteiger partial charge is 0.438 e. The second kappa shape index (κ2) is 4.48. The zero-order valence-electron chi connectivity index (χ0n) is 12.2. The summed E-state index contributed by atoms with van der Waals surface area (Å²) in [4.78, 5) is 7.20. The van der Waals surface area contributed by atoms with E-state index in [-0.39, 0.29) is 0 Å². The molecule has 1 aliphatic carbocycles. The van der Waals surface area contributed by atoms with Crippen LogP contribution in [0.15, 0.2) is 10.5 Å². The Morgan fingerprint density at radius 2 is 1.95 bits per heavy atom. The van der Waals surface area contributed by atoms with Gasteiger partial charge in [-0.2, -0.15) is 0 Å². The van der Waals surface area contributed by atoms with Gasteiger partial charge in [-0.05, 0) is 37.8 Å². The second-order valence-corrected chi connectivity index (χ2v) is 6.10. The van der Waals surface area contributed by atoms with Crippen molar-refractivity contribution in [2.45, 2.75) is 32.6 Å². The Kier molecular flexibility index (Phi) is 2.74. The monoisotopic (exact) mass is 271 g/mol. The molecule has 2 aromatic rings. The molecule has 4 nitrogen and oxygen atoms in total. The summed E-state index contributed by atoms with van der Waals surface area (Å²) < 4.78 is 6.16. The van der Waals surface area contributed by atoms with Gasteiger partial charge in [0.15, 0.2) is 11.5 Å². The molecule has 2 heterocycles. The fourth-order valence-corrected chi connectivity index (χ4v) is 3.19. The molecule has 1 saturated carbocycles. The molecule has 0 amide bonds. The number of rotatable bonds is 2. The third-order valence-corrected chi connectivity index (χ3v) is 4.40. The van der Waals surface area contributed by atoms with Crippen molar-refractivity contribution in [3.05, 3.63) is 23.1 Å². The summed E-state index contributed by atoms with van der Waals surface area (Å²) in [7, 11) is 0. The van der Waals surface area contributed by atoms with Gasteiger partial charge in [-0.15, -0.1) is 0 Å². The number of hydrogen-bond acceptors (Lipinski definition) is 4. The van der Waals surface area contributed by atoms with E-state index < -0.39 is 0 Å². The molecule has 0 bridgehead atoms. The highest BCUT2D eigenvalue weighted by Crippen LogP contribution is 2.43. The van der Waals surface area contributed by atoms with E-state index in [0.29, 0.717) is 5.92 Å². The summed E-state index contributed by atoms with van der Waals surface area (Å²) in [6, 6.07) is 2.25. The van der Waals surface area contributed by atoms with Crippen LogP contribution in [-0.2, 0) is 0 Å². The van der Waals surface area contributed by atoms with E-state index in [2.05, 4.69) is 30.1 Å². The fraction of sp³-hybridized carbons (Fsp3) is 0.562. The molecule has 0 spiro atoms. The van der Waals surface area contributed by atoms with Crippen molar-refractivity contribution in [2.75, 3.05) is 31.1 Å². The summed E-state index contributed by atoms with van der Waals surface area (Å²) in [6.07, 6.45) is 2.46. The summed E-state index contributed by atoms with van der Waals surface area (Å²) in [5.74, 6) is 1.52. The lowest BCUT2D eigenvalue weighted by molar-refractivity contribution is 0.528. The third kappa shape index (κ3) is 1.90. The van der Waals surface area contributed by atoms with E-state index in [1.54, 1.807) is 0 Å². The first kappa shape index (κ1) is 12.2. The Labute approximate surface area is 119 Å². The van der Waals surface area contributed by atoms with E-state index in [9.17, 15) is 0 Å². The lowest BCUT2D eigenvalue weighted by atomic mass is 10.1. The van der Waals surface area contributed by atoms with Crippen molar-refractivity contribution < 1.29 is 4.42 Å². The van der Waals surface area contributed by atoms with E-state index in [1.807, 2.05) is 0 Å². The van der Waals surface area contributed by atoms with Gasteiger partial charge in [0.25, 0.3) is 0 Å². The Balaban J connectivity index is 1.88. The Bertz CT molecular complexity index is 651. The van der Waals surface area contributed by atoms with Crippen LogP contribution in [-0.4, -0.2) is 31.2 Å². The first-order valence-corrected chi connectivity index (χ1v) is 7.60. The van der Waals surface area contributed by atoms with E-state index in [1.165, 1.54) is 29.7 Å². The molecule has 106 valence electrons. The fourth-order valence-electron chi connectivity index (χ4n) is 3.19. The SMILES string of the molecule is Cc1cc(C)c2nc(C3CC3)oc2c1N1CCNCC1. The minimum atomic E-state index is 0.568. The van der Waals surface area contributed by atoms with Crippen molar-refractivity contribution in [3.8, 4) is 0 Å². The van der Waals surface area contributed by atoms with Crippen LogP contribution in [0, 0.1) is 13.8 Å². The summed E-state index contributed by atoms with van der Waals surface area (Å²) in [5.41, 5.74) is 5.85. The van der Waals surface area contributed by atoms with Gasteiger partial charge < -0.3 is 14.6 Å². The van der Waals surface area contributed by atoms with Gasteiger partial charge in [0.1, 0.15) is 5.52 Å². The van der Waals surface area contributed by atoms with Crippen LogP contribution in [0.5, 0.6) is 0 Å². The first-order chi connectivity index (χ1) is 9.74. The number of hydrogen-bond donors (Lipinski definition) is 1. The van der Waals surface area contributed by atoms with Gasteiger partial charge in [-0.1, -0.05) is 6.07 Å². The predicted molar refractivity (Wildman–Crippen MR) is 80.5 cm³/mol. The zero-order chi connectivity index (χ0) is 13.7. The molecule has 4 heteroatoms. The van der Waals surface area contributed by atoms with Gasteiger partial charge in [0.05, 0.1) is 5.69 Å². The van der Waals surface area contributed by atoms with Crippen molar-refractivity contribution >= 4 is 16.8 Å². The molecule has 1 aliphatic heterocycles. The van der Waals surface area contributed by atoms with Gasteiger partial charge in [-0.25, -0.2) is 4.98 Å². The number of piperazine rings is 1. The van der Waals surface area contributed by atoms with Crippen molar-refractivity contribution in [2.24, 2.45) is 0 Å². The molecular formula is C16H21N3O. The van der Waals surface area contributed by atoms with E-state index >= 15 is 0 Å². The predicted octanol–water partition coefficient (Wildman–Crippen LogP) is 2.73. The smallest absolute Gasteiger partial charge is 0.198 e. The van der Waals surface area contributed by atoms with E-state index in [0.717, 1.165) is 43.2 Å². The quantitative estimate of drug-likeness (QED) is 0.912. The average molecular weight is 271 g/mol. The van der Waals surface area contributed by atoms with Crippen molar-refractivity contribution in [1.29, 1.82) is 0 Å². The number of benzene rings is 1. The molecule has 1 N–H and O–H groups in total. The van der Waals surface area contributed by atoms with Crippen LogP contribution < -0.4 is 10.2 Å². The van der Waals surface area contributed by atoms with Crippen molar-refractivity contribution in [3.63, 3.8) is 0 Å². The summed E-state index contributed by atoms with van der Waals surface area (Å²) in [6.45, 7) is 8.48. The average Bonchev–Trinajstić information content (AvgIpc) is 3.20. The number of anilines is 1. The molecular weight excluding hydrogens is 250 g/mol. The minimum absolute atomic E-state index is 0.568. The third-order valence-electron chi connectivity index (χ3n) is 4.40. The van der Waals surface area contributed by atoms with E-state index in [4.69, 9.17) is 9.40 Å². The number of nitrogens with one attached hydrogen (secondary N) is 1. The molecule has 1 aromatic carbocycles. The Morgan fingerprint density at radius 3 is 2.65 bits per heavy atom. The number of aromatic nitrogens is 1. The Hall–Kier alpha value is -1.55.